The zero-order valence-electron chi connectivity index (χ0n) is 20.0. The number of aryl methyl sites for hydroxylation is 1. The summed E-state index contributed by atoms with van der Waals surface area (Å²) < 4.78 is 25.2. The molecule has 2 amide bonds. The molecule has 2 aromatic carbocycles. The van der Waals surface area contributed by atoms with E-state index in [0.29, 0.717) is 26.2 Å². The Morgan fingerprint density at radius 1 is 1.09 bits per heavy atom. The SMILES string of the molecule is COc1ccc(C(=O)N2CCCC3(CCCCc4ccccc4OCCN(C)C3=O)C2)cc1F. The number of carbonyl (C=O) groups excluding carboxylic acids is 2. The molecule has 182 valence electrons. The second-order valence-corrected chi connectivity index (χ2v) is 9.35. The van der Waals surface area contributed by atoms with Gasteiger partial charge in [0.1, 0.15) is 12.4 Å². The fourth-order valence-electron chi connectivity index (χ4n) is 5.20. The number of fused-ring (bicyclic) bond motifs is 1. The average Bonchev–Trinajstić information content (AvgIpc) is 2.86. The van der Waals surface area contributed by atoms with Crippen LogP contribution in [0.2, 0.25) is 0 Å². The van der Waals surface area contributed by atoms with Crippen LogP contribution in [0.1, 0.15) is 48.0 Å². The minimum absolute atomic E-state index is 0.0587. The Bertz CT molecular complexity index is 1040. The Labute approximate surface area is 200 Å². The predicted molar refractivity (Wildman–Crippen MR) is 128 cm³/mol. The number of carbonyl (C=O) groups is 2. The lowest BCUT2D eigenvalue weighted by Gasteiger charge is -2.44. The van der Waals surface area contributed by atoms with Gasteiger partial charge in [-0.05, 0) is 61.9 Å². The fraction of sp³-hybridized carbons (Fsp3) is 0.481. The molecule has 2 heterocycles. The van der Waals surface area contributed by atoms with E-state index in [0.717, 1.165) is 44.3 Å². The van der Waals surface area contributed by atoms with E-state index in [1.54, 1.807) is 15.9 Å². The number of ether oxygens (including phenoxy) is 2. The molecule has 6 nitrogen and oxygen atoms in total. The summed E-state index contributed by atoms with van der Waals surface area (Å²) in [6.45, 7) is 1.80. The minimum atomic E-state index is -0.633. The highest BCUT2D eigenvalue weighted by Crippen LogP contribution is 2.38. The zero-order chi connectivity index (χ0) is 24.1. The summed E-state index contributed by atoms with van der Waals surface area (Å²) in [5.41, 5.74) is 0.828. The topological polar surface area (TPSA) is 59.1 Å². The molecule has 0 bridgehead atoms. The van der Waals surface area contributed by atoms with Crippen molar-refractivity contribution in [2.24, 2.45) is 5.41 Å². The van der Waals surface area contributed by atoms with Crippen LogP contribution in [-0.2, 0) is 11.2 Å². The number of likely N-dealkylation sites (N-methyl/N-ethyl adjacent to an activating group) is 1. The minimum Gasteiger partial charge on any atom is -0.494 e. The van der Waals surface area contributed by atoms with Gasteiger partial charge in [0, 0.05) is 25.7 Å². The largest absolute Gasteiger partial charge is 0.494 e. The third-order valence-corrected chi connectivity index (χ3v) is 7.07. The van der Waals surface area contributed by atoms with Crippen LogP contribution in [0.4, 0.5) is 4.39 Å². The maximum atomic E-state index is 14.2. The van der Waals surface area contributed by atoms with Gasteiger partial charge in [0.2, 0.25) is 5.91 Å². The van der Waals surface area contributed by atoms with Gasteiger partial charge in [0.25, 0.3) is 5.91 Å². The quantitative estimate of drug-likeness (QED) is 0.659. The number of methoxy groups -OCH3 is 1. The fourth-order valence-corrected chi connectivity index (χ4v) is 5.20. The van der Waals surface area contributed by atoms with Crippen LogP contribution in [0, 0.1) is 11.2 Å². The van der Waals surface area contributed by atoms with Gasteiger partial charge in [0.15, 0.2) is 11.6 Å². The van der Waals surface area contributed by atoms with Gasteiger partial charge in [-0.15, -0.1) is 0 Å². The number of hydrogen-bond acceptors (Lipinski definition) is 4. The van der Waals surface area contributed by atoms with Crippen LogP contribution >= 0.6 is 0 Å². The monoisotopic (exact) mass is 468 g/mol. The number of halogens is 1. The molecule has 2 aromatic rings. The average molecular weight is 469 g/mol. The summed E-state index contributed by atoms with van der Waals surface area (Å²) in [5.74, 6) is 0.233. The molecule has 0 saturated carbocycles. The molecule has 1 spiro atoms. The van der Waals surface area contributed by atoms with Crippen molar-refractivity contribution in [3.05, 3.63) is 59.4 Å². The maximum absolute atomic E-state index is 14.2. The van der Waals surface area contributed by atoms with Crippen molar-refractivity contribution in [2.45, 2.75) is 38.5 Å². The van der Waals surface area contributed by atoms with Gasteiger partial charge in [0.05, 0.1) is 19.1 Å². The molecular formula is C27H33FN2O4. The molecule has 1 atom stereocenters. The van der Waals surface area contributed by atoms with Crippen LogP contribution in [0.5, 0.6) is 11.5 Å². The lowest BCUT2D eigenvalue weighted by atomic mass is 9.74. The van der Waals surface area contributed by atoms with Gasteiger partial charge in [-0.3, -0.25) is 9.59 Å². The van der Waals surface area contributed by atoms with Crippen molar-refractivity contribution < 1.29 is 23.5 Å². The number of rotatable bonds is 2. The van der Waals surface area contributed by atoms with Crippen molar-refractivity contribution >= 4 is 11.8 Å². The number of likely N-dealkylation sites (tertiary alicyclic amines) is 1. The summed E-state index contributed by atoms with van der Waals surface area (Å²) in [6, 6.07) is 12.3. The first kappa shape index (κ1) is 24.0. The standard InChI is InChI=1S/C27H33FN2O4/c1-29-16-17-34-23-10-4-3-8-20(23)9-5-6-13-27(26(29)32)14-7-15-30(19-27)25(31)21-11-12-24(33-2)22(28)18-21/h3-4,8,10-12,18H,5-7,9,13-17,19H2,1-2H3. The summed E-state index contributed by atoms with van der Waals surface area (Å²) in [7, 11) is 3.20. The number of piperidine rings is 1. The van der Waals surface area contributed by atoms with Crippen LogP contribution in [-0.4, -0.2) is 62.0 Å². The molecule has 2 aliphatic heterocycles. The van der Waals surface area contributed by atoms with Crippen LogP contribution in [0.25, 0.3) is 0 Å². The van der Waals surface area contributed by atoms with Crippen molar-refractivity contribution in [1.29, 1.82) is 0 Å². The van der Waals surface area contributed by atoms with Crippen molar-refractivity contribution in [2.75, 3.05) is 40.4 Å². The second kappa shape index (κ2) is 10.5. The molecule has 2 aliphatic rings. The smallest absolute Gasteiger partial charge is 0.253 e. The zero-order valence-corrected chi connectivity index (χ0v) is 20.0. The second-order valence-electron chi connectivity index (χ2n) is 9.35. The van der Waals surface area contributed by atoms with Crippen molar-refractivity contribution in [3.63, 3.8) is 0 Å². The van der Waals surface area contributed by atoms with Gasteiger partial charge in [-0.1, -0.05) is 24.6 Å². The molecule has 1 fully saturated rings. The lowest BCUT2D eigenvalue weighted by molar-refractivity contribution is -0.144. The molecule has 0 aromatic heterocycles. The third-order valence-electron chi connectivity index (χ3n) is 7.07. The summed E-state index contributed by atoms with van der Waals surface area (Å²) in [4.78, 5) is 30.4. The highest BCUT2D eigenvalue weighted by atomic mass is 19.1. The number of benzene rings is 2. The Hall–Kier alpha value is -3.09. The molecule has 7 heteroatoms. The normalized spacial score (nSPS) is 21.8. The van der Waals surface area contributed by atoms with Gasteiger partial charge in [-0.25, -0.2) is 4.39 Å². The summed E-state index contributed by atoms with van der Waals surface area (Å²) in [6.07, 6.45) is 4.92. The highest BCUT2D eigenvalue weighted by molar-refractivity contribution is 5.95. The van der Waals surface area contributed by atoms with Gasteiger partial charge in [-0.2, -0.15) is 0 Å². The molecule has 34 heavy (non-hydrogen) atoms. The van der Waals surface area contributed by atoms with E-state index in [9.17, 15) is 14.0 Å². The molecule has 1 saturated heterocycles. The number of nitrogens with zero attached hydrogens (tertiary/aromatic N) is 2. The number of para-hydroxylation sites is 1. The Morgan fingerprint density at radius 3 is 2.68 bits per heavy atom. The van der Waals surface area contributed by atoms with Crippen molar-refractivity contribution in [3.8, 4) is 11.5 Å². The highest BCUT2D eigenvalue weighted by Gasteiger charge is 2.44. The molecular weight excluding hydrogens is 435 g/mol. The number of hydrogen-bond donors (Lipinski definition) is 0. The van der Waals surface area contributed by atoms with Crippen molar-refractivity contribution in [1.82, 2.24) is 9.80 Å². The Balaban J connectivity index is 1.54. The maximum Gasteiger partial charge on any atom is 0.253 e. The number of amides is 2. The van der Waals surface area contributed by atoms with Crippen LogP contribution < -0.4 is 9.47 Å². The Morgan fingerprint density at radius 2 is 1.88 bits per heavy atom. The van der Waals surface area contributed by atoms with E-state index in [1.165, 1.54) is 24.8 Å². The first-order valence-corrected chi connectivity index (χ1v) is 12.0. The third kappa shape index (κ3) is 5.03. The Kier molecular flexibility index (Phi) is 7.39. The molecule has 0 radical (unpaired) electrons. The first-order valence-electron chi connectivity index (χ1n) is 12.0. The van der Waals surface area contributed by atoms with E-state index in [2.05, 4.69) is 6.07 Å². The first-order chi connectivity index (χ1) is 16.4. The summed E-state index contributed by atoms with van der Waals surface area (Å²) >= 11 is 0. The molecule has 0 aliphatic carbocycles. The van der Waals surface area contributed by atoms with E-state index in [1.807, 2.05) is 25.2 Å². The molecule has 1 unspecified atom stereocenters. The van der Waals surface area contributed by atoms with E-state index in [4.69, 9.17) is 9.47 Å². The van der Waals surface area contributed by atoms with E-state index in [-0.39, 0.29) is 23.1 Å². The van der Waals surface area contributed by atoms with Crippen LogP contribution in [0.15, 0.2) is 42.5 Å². The lowest BCUT2D eigenvalue weighted by Crippen LogP contribution is -2.54. The van der Waals surface area contributed by atoms with E-state index >= 15 is 0 Å². The van der Waals surface area contributed by atoms with Gasteiger partial charge < -0.3 is 19.3 Å². The molecule has 4 rings (SSSR count). The van der Waals surface area contributed by atoms with Gasteiger partial charge >= 0.3 is 0 Å². The summed E-state index contributed by atoms with van der Waals surface area (Å²) in [5, 5.41) is 0. The van der Waals surface area contributed by atoms with E-state index < -0.39 is 11.2 Å². The molecule has 0 N–H and O–H groups in total. The predicted octanol–water partition coefficient (Wildman–Crippen LogP) is 4.32. The van der Waals surface area contributed by atoms with Crippen LogP contribution in [0.3, 0.4) is 0 Å².